The minimum atomic E-state index is -3.65. The van der Waals surface area contributed by atoms with Crippen LogP contribution >= 0.6 is 15.9 Å². The van der Waals surface area contributed by atoms with E-state index in [1.807, 2.05) is 32.4 Å². The predicted molar refractivity (Wildman–Crippen MR) is 438 cm³/mol. The molecule has 628 valence electrons. The van der Waals surface area contributed by atoms with Crippen LogP contribution in [0.15, 0.2) is 96.9 Å². The summed E-state index contributed by atoms with van der Waals surface area (Å²) < 4.78 is 94.6. The van der Waals surface area contributed by atoms with Gasteiger partial charge in [0.1, 0.15) is 34.1 Å². The molecule has 0 bridgehead atoms. The summed E-state index contributed by atoms with van der Waals surface area (Å²) in [6, 6.07) is 15.9. The Morgan fingerprint density at radius 3 is 1.16 bits per heavy atom. The number of esters is 3. The molecule has 3 aromatic carbocycles. The van der Waals surface area contributed by atoms with Gasteiger partial charge in [0.05, 0.1) is 34.2 Å². The SMILES string of the molecule is C=CS(=O)(=O)N1CCC2(CC1)N=C(C1CCC(C)CC1)NC2=O.CO.COC(=O)C(C(=O)OC)c1ccc(Br)c(C)c1.COC(=O)Cc1ccc(/C=C/S(=O)(=O)N2CCC3(CC2)N=C(C2CCC(C)CC2)NC3=O)c(C)c1.Cc1cc(CC(=O)O)ccc1/C=C/S(=O)(=O)N1CCC2(CC1)N=C(C1CCC(C)CC1)NC2=O.N[N-]O.[Na+]. The molecule has 12 rings (SSSR count). The van der Waals surface area contributed by atoms with Gasteiger partial charge in [-0.1, -0.05) is 130 Å². The normalized spacial score (nSPS) is 23.2. The number of hydrogen-bond donors (Lipinski definition) is 7. The number of carbonyl (C=O) groups excluding carboxylic acids is 6. The number of aryl methyl sites for hydroxylation is 3. The van der Waals surface area contributed by atoms with Gasteiger partial charge >= 0.3 is 53.4 Å². The molecule has 35 heteroatoms. The van der Waals surface area contributed by atoms with E-state index in [1.165, 1.54) is 57.9 Å². The zero-order valence-electron chi connectivity index (χ0n) is 67.9. The van der Waals surface area contributed by atoms with E-state index in [0.717, 1.165) is 150 Å². The zero-order valence-corrected chi connectivity index (χ0v) is 73.9. The Labute approximate surface area is 707 Å². The van der Waals surface area contributed by atoms with Crippen molar-refractivity contribution in [2.24, 2.45) is 56.3 Å². The quantitative estimate of drug-likeness (QED) is 0.0181. The molecule has 0 atom stereocenters. The summed E-state index contributed by atoms with van der Waals surface area (Å²) in [6.07, 6.45) is 18.9. The van der Waals surface area contributed by atoms with Gasteiger partial charge in [-0.05, 0) is 178 Å². The minimum absolute atomic E-state index is 0. The Balaban J connectivity index is 0.000000241. The number of nitrogens with one attached hydrogen (secondary N) is 3. The van der Waals surface area contributed by atoms with Crippen LogP contribution in [0.1, 0.15) is 187 Å². The molecule has 6 fully saturated rings. The van der Waals surface area contributed by atoms with Gasteiger partial charge in [0.15, 0.2) is 5.92 Å². The molecular formula is C80H113BrN11NaO19S3. The van der Waals surface area contributed by atoms with E-state index in [1.54, 1.807) is 60.7 Å². The summed E-state index contributed by atoms with van der Waals surface area (Å²) in [4.78, 5) is 98.1. The maximum Gasteiger partial charge on any atom is 1.00 e. The van der Waals surface area contributed by atoms with Gasteiger partial charge in [0.2, 0.25) is 30.1 Å². The predicted octanol–water partition coefficient (Wildman–Crippen LogP) is 6.38. The summed E-state index contributed by atoms with van der Waals surface area (Å²) >= 11 is 3.35. The van der Waals surface area contributed by atoms with Crippen LogP contribution in [0, 0.1) is 56.3 Å². The van der Waals surface area contributed by atoms with Gasteiger partial charge in [-0.15, -0.1) is 0 Å². The number of halogens is 1. The van der Waals surface area contributed by atoms with E-state index >= 15 is 0 Å². The number of ether oxygens (including phenoxy) is 3. The molecule has 3 amide bonds. The number of carboxylic acid groups (broad SMARTS) is 1. The minimum Gasteiger partial charge on any atom is -0.488 e. The van der Waals surface area contributed by atoms with E-state index < -0.39 is 70.5 Å². The number of benzene rings is 3. The molecule has 3 spiro atoms. The molecule has 3 saturated heterocycles. The summed E-state index contributed by atoms with van der Waals surface area (Å²) in [6.45, 7) is 17.4. The van der Waals surface area contributed by atoms with Gasteiger partial charge in [0.25, 0.3) is 17.7 Å². The largest absolute Gasteiger partial charge is 1.00 e. The van der Waals surface area contributed by atoms with Crippen LogP contribution in [0.5, 0.6) is 0 Å². The summed E-state index contributed by atoms with van der Waals surface area (Å²) in [5.74, 6) is 5.89. The van der Waals surface area contributed by atoms with Gasteiger partial charge in [-0.2, -0.15) is 12.9 Å². The molecule has 8 N–H and O–H groups in total. The second-order valence-electron chi connectivity index (χ2n) is 30.7. The van der Waals surface area contributed by atoms with Crippen LogP contribution in [0.4, 0.5) is 0 Å². The number of piperidine rings is 3. The molecule has 30 nitrogen and oxygen atoms in total. The number of hydrogen-bond acceptors (Lipinski definition) is 22. The molecule has 3 aliphatic carbocycles. The van der Waals surface area contributed by atoms with E-state index in [9.17, 15) is 58.8 Å². The Kier molecular flexibility index (Phi) is 37.0. The topological polar surface area (TPSA) is 433 Å². The molecule has 0 radical (unpaired) electrons. The maximum atomic E-state index is 13.0. The third-order valence-electron chi connectivity index (χ3n) is 23.0. The number of amides is 3. The molecule has 115 heavy (non-hydrogen) atoms. The number of nitrogens with zero attached hydrogens (tertiary/aromatic N) is 7. The molecule has 9 aliphatic rings. The van der Waals surface area contributed by atoms with Crippen LogP contribution in [-0.2, 0) is 90.7 Å². The fourth-order valence-electron chi connectivity index (χ4n) is 15.7. The number of sulfonamides is 3. The average Bonchev–Trinajstić information content (AvgIpc) is 1.65. The molecule has 6 heterocycles. The number of aliphatic hydroxyl groups excluding tert-OH is 1. The number of amidine groups is 3. The van der Waals surface area contributed by atoms with Crippen molar-refractivity contribution in [1.29, 1.82) is 0 Å². The summed E-state index contributed by atoms with van der Waals surface area (Å²) in [7, 11) is -5.87. The smallest absolute Gasteiger partial charge is 0.488 e. The van der Waals surface area contributed by atoms with Gasteiger partial charge < -0.3 is 57.0 Å². The molecular weight excluding hydrogens is 1620 g/mol. The van der Waals surface area contributed by atoms with Gasteiger partial charge in [0, 0.05) is 84.8 Å². The second kappa shape index (κ2) is 43.8. The van der Waals surface area contributed by atoms with Gasteiger partial charge in [-0.25, -0.2) is 25.3 Å². The van der Waals surface area contributed by atoms with Crippen molar-refractivity contribution < 1.29 is 118 Å². The molecule has 3 aromatic rings. The summed E-state index contributed by atoms with van der Waals surface area (Å²) in [5, 5.41) is 35.3. The van der Waals surface area contributed by atoms with Crippen LogP contribution in [-0.4, -0.2) is 197 Å². The van der Waals surface area contributed by atoms with E-state index in [-0.39, 0.29) is 92.3 Å². The number of aliphatic hydroxyl groups is 1. The van der Waals surface area contributed by atoms with E-state index in [2.05, 4.69) is 74.5 Å². The fourth-order valence-corrected chi connectivity index (χ4v) is 19.2. The Morgan fingerprint density at radius 1 is 0.548 bits per heavy atom. The second-order valence-corrected chi connectivity index (χ2v) is 37.1. The summed E-state index contributed by atoms with van der Waals surface area (Å²) in [5.41, 5.74) is 5.71. The standard InChI is InChI=1S/C26H35N3O5S.C25H33N3O5S.C16H25N3O3S.C12H13BrO4.CH4O.H3N2O.Na/c1-18-4-7-22(8-5-18)24-27-25(31)26(28-24)11-13-29(14-12-26)35(32,33)15-10-21-9-6-20(16-19(21)2)17-23(30)34-3;1-17-3-6-21(7-4-17)23-26-24(31)25(27-23)10-12-28(13-11-25)34(32,33)14-9-20-8-5-19(15-18(20)2)16-22(29)30;1-3-23(21,22)19-10-8-16(9-11-19)15(20)17-14(18-16)13-6-4-12(2)5-7-13;1-7-6-8(4-5-9(7)13)10(11(14)16-2)12(15)17-3;1-2;1-2-3;/h6,9-10,15-16,18,22H,4-5,7-8,11-14,17H2,1-3H3,(H,27,28,31);5,8-9,14-15,17,21H,3-4,6-7,10-13,16H2,1-2H3,(H,29,30)(H,26,27,31);3,12-13H,1,4-11H2,2H3,(H,17,18,20);4-6,10H,1-3H3;2H,1H3;3H,1H2;/q;;;;;-1;+1/b15-10+;14-9+;;;;;. The Morgan fingerprint density at radius 2 is 0.870 bits per heavy atom. The number of rotatable bonds is 18. The van der Waals surface area contributed by atoms with Crippen molar-refractivity contribution in [3.63, 3.8) is 0 Å². The number of aliphatic imine (C=N–C) groups is 3. The third kappa shape index (κ3) is 25.9. The van der Waals surface area contributed by atoms with Crippen molar-refractivity contribution in [3.05, 3.63) is 132 Å². The zero-order chi connectivity index (χ0) is 84.1. The van der Waals surface area contributed by atoms with Crippen LogP contribution in [0.25, 0.3) is 17.7 Å². The van der Waals surface area contributed by atoms with E-state index in [0.29, 0.717) is 80.5 Å². The Hall–Kier alpha value is -6.77. The van der Waals surface area contributed by atoms with Crippen molar-refractivity contribution in [2.75, 3.05) is 67.7 Å². The molecule has 0 unspecified atom stereocenters. The number of carboxylic acids is 1. The first-order chi connectivity index (χ1) is 54.0. The molecule has 0 aromatic heterocycles. The Bertz CT molecular complexity index is 4440. The molecule has 6 aliphatic heterocycles. The van der Waals surface area contributed by atoms with Crippen molar-refractivity contribution >= 4 is 117 Å². The monoisotopic (exact) mass is 1730 g/mol. The number of carbonyl (C=O) groups is 7. The molecule has 3 saturated carbocycles. The van der Waals surface area contributed by atoms with Gasteiger partial charge in [-0.3, -0.25) is 48.5 Å². The fraction of sp³-hybridized carbons (Fsp3) is 0.575. The maximum absolute atomic E-state index is 13.0. The number of methoxy groups -OCH3 is 3. The average molecular weight is 1730 g/mol. The van der Waals surface area contributed by atoms with Crippen LogP contribution in [0.3, 0.4) is 0 Å². The van der Waals surface area contributed by atoms with Crippen molar-refractivity contribution in [3.8, 4) is 0 Å². The first-order valence-electron chi connectivity index (χ1n) is 38.6. The van der Waals surface area contributed by atoms with Crippen LogP contribution in [0.2, 0.25) is 0 Å². The first-order valence-corrected chi connectivity index (χ1v) is 43.9. The van der Waals surface area contributed by atoms with Crippen molar-refractivity contribution in [1.82, 2.24) is 28.9 Å². The van der Waals surface area contributed by atoms with Crippen molar-refractivity contribution in [2.45, 2.75) is 192 Å². The third-order valence-corrected chi connectivity index (χ3v) is 28.5. The number of nitrogens with two attached hydrogens (primary N) is 1. The first kappa shape index (κ1) is 97.1. The van der Waals surface area contributed by atoms with Crippen LogP contribution < -0.4 is 51.4 Å². The van der Waals surface area contributed by atoms with E-state index in [4.69, 9.17) is 35.1 Å². The number of aliphatic carboxylic acids is 1.